The van der Waals surface area contributed by atoms with Crippen LogP contribution in [0.3, 0.4) is 0 Å². The maximum Gasteiger partial charge on any atom is 0.241 e. The Balaban J connectivity index is 1.97. The van der Waals surface area contributed by atoms with Crippen LogP contribution >= 0.6 is 0 Å². The van der Waals surface area contributed by atoms with E-state index in [4.69, 9.17) is 0 Å². The number of hydrogen-bond donors (Lipinski definition) is 2. The predicted molar refractivity (Wildman–Crippen MR) is 115 cm³/mol. The number of amides is 1. The fourth-order valence-electron chi connectivity index (χ4n) is 2.72. The molecule has 2 aromatic carbocycles. The lowest BCUT2D eigenvalue weighted by atomic mass is 10.0. The van der Waals surface area contributed by atoms with Crippen LogP contribution in [0, 0.1) is 0 Å². The number of rotatable bonds is 8. The van der Waals surface area contributed by atoms with E-state index in [0.29, 0.717) is 11.3 Å². The van der Waals surface area contributed by atoms with Crippen LogP contribution in [-0.2, 0) is 21.2 Å². The smallest absolute Gasteiger partial charge is 0.241 e. The Bertz CT molecular complexity index is 975. The average Bonchev–Trinajstić information content (AvgIpc) is 2.64. The first kappa shape index (κ1) is 22.8. The van der Waals surface area contributed by atoms with Crippen molar-refractivity contribution in [2.24, 2.45) is 0 Å². The van der Waals surface area contributed by atoms with E-state index in [2.05, 4.69) is 10.0 Å². The van der Waals surface area contributed by atoms with Crippen molar-refractivity contribution in [3.63, 3.8) is 0 Å². The maximum atomic E-state index is 12.4. The average molecular weight is 417 g/mol. The Labute approximate surface area is 172 Å². The third kappa shape index (κ3) is 7.11. The number of aryl methyl sites for hydroxylation is 1. The number of sulfonamides is 1. The lowest BCUT2D eigenvalue weighted by Crippen LogP contribution is -2.40. The van der Waals surface area contributed by atoms with Crippen LogP contribution < -0.4 is 10.0 Å². The van der Waals surface area contributed by atoms with Crippen LogP contribution in [0.4, 0.5) is 5.69 Å². The molecule has 1 amide bonds. The summed E-state index contributed by atoms with van der Waals surface area (Å²) in [5, 5.41) is 2.66. The molecule has 0 spiro atoms. The van der Waals surface area contributed by atoms with Gasteiger partial charge in [0, 0.05) is 29.6 Å². The molecule has 0 aliphatic heterocycles. The van der Waals surface area contributed by atoms with E-state index in [1.807, 2.05) is 19.1 Å². The third-order valence-corrected chi connectivity index (χ3v) is 5.89. The van der Waals surface area contributed by atoms with Gasteiger partial charge in [-0.25, -0.2) is 13.1 Å². The van der Waals surface area contributed by atoms with E-state index < -0.39 is 15.6 Å². The lowest BCUT2D eigenvalue weighted by molar-refractivity contribution is -0.116. The monoisotopic (exact) mass is 416 g/mol. The fraction of sp³-hybridized carbons (Fsp3) is 0.364. The molecule has 0 aliphatic carbocycles. The molecule has 0 radical (unpaired) electrons. The van der Waals surface area contributed by atoms with E-state index in [9.17, 15) is 18.0 Å². The fourth-order valence-corrected chi connectivity index (χ4v) is 4.19. The number of ketones is 1. The largest absolute Gasteiger partial charge is 0.326 e. The maximum absolute atomic E-state index is 12.4. The van der Waals surface area contributed by atoms with Crippen LogP contribution in [0.5, 0.6) is 0 Å². The molecule has 0 aliphatic rings. The molecule has 7 heteroatoms. The van der Waals surface area contributed by atoms with Gasteiger partial charge in [-0.05, 0) is 51.0 Å². The zero-order valence-electron chi connectivity index (χ0n) is 17.3. The summed E-state index contributed by atoms with van der Waals surface area (Å²) in [5.74, 6) is -0.449. The van der Waals surface area contributed by atoms with Crippen LogP contribution in [0.15, 0.2) is 53.4 Å². The highest BCUT2D eigenvalue weighted by Gasteiger charge is 2.22. The van der Waals surface area contributed by atoms with E-state index >= 15 is 0 Å². The highest BCUT2D eigenvalue weighted by Crippen LogP contribution is 2.18. The predicted octanol–water partition coefficient (Wildman–Crippen LogP) is 3.93. The van der Waals surface area contributed by atoms with Crippen molar-refractivity contribution in [1.29, 1.82) is 0 Å². The second kappa shape index (κ2) is 9.33. The van der Waals surface area contributed by atoms with Crippen molar-refractivity contribution in [1.82, 2.24) is 4.72 Å². The van der Waals surface area contributed by atoms with E-state index in [-0.39, 0.29) is 29.4 Å². The first-order chi connectivity index (χ1) is 13.5. The summed E-state index contributed by atoms with van der Waals surface area (Å²) in [6.07, 6.45) is 1.00. The number of anilines is 1. The normalized spacial score (nSPS) is 11.9. The Morgan fingerprint density at radius 1 is 0.966 bits per heavy atom. The molecule has 6 nitrogen and oxygen atoms in total. The quantitative estimate of drug-likeness (QED) is 0.638. The van der Waals surface area contributed by atoms with Gasteiger partial charge in [-0.3, -0.25) is 9.59 Å². The Hall–Kier alpha value is -2.51. The first-order valence-corrected chi connectivity index (χ1v) is 11.0. The van der Waals surface area contributed by atoms with Crippen molar-refractivity contribution >= 4 is 27.4 Å². The Morgan fingerprint density at radius 3 is 2.21 bits per heavy atom. The van der Waals surface area contributed by atoms with Gasteiger partial charge in [-0.1, -0.05) is 37.3 Å². The summed E-state index contributed by atoms with van der Waals surface area (Å²) in [6, 6.07) is 13.4. The summed E-state index contributed by atoms with van der Waals surface area (Å²) in [5.41, 5.74) is 1.48. The minimum absolute atomic E-state index is 0.0194. The second-order valence-electron chi connectivity index (χ2n) is 7.91. The van der Waals surface area contributed by atoms with Crippen LogP contribution in [0.25, 0.3) is 0 Å². The molecule has 0 saturated heterocycles. The Morgan fingerprint density at radius 2 is 1.62 bits per heavy atom. The van der Waals surface area contributed by atoms with Gasteiger partial charge in [0.25, 0.3) is 0 Å². The minimum atomic E-state index is -3.70. The minimum Gasteiger partial charge on any atom is -0.326 e. The molecule has 0 atom stereocenters. The third-order valence-electron chi connectivity index (χ3n) is 4.13. The Kier molecular flexibility index (Phi) is 7.32. The second-order valence-corrected chi connectivity index (χ2v) is 9.59. The zero-order valence-corrected chi connectivity index (χ0v) is 18.1. The molecule has 0 unspecified atom stereocenters. The van der Waals surface area contributed by atoms with Gasteiger partial charge in [-0.15, -0.1) is 0 Å². The van der Waals surface area contributed by atoms with Crippen molar-refractivity contribution < 1.29 is 18.0 Å². The van der Waals surface area contributed by atoms with Crippen molar-refractivity contribution in [2.75, 3.05) is 5.32 Å². The molecule has 2 aromatic rings. The number of benzene rings is 2. The van der Waals surface area contributed by atoms with Crippen LogP contribution in [0.2, 0.25) is 0 Å². The van der Waals surface area contributed by atoms with Gasteiger partial charge in [0.05, 0.1) is 4.90 Å². The van der Waals surface area contributed by atoms with Gasteiger partial charge in [-0.2, -0.15) is 0 Å². The molecule has 0 bridgehead atoms. The number of carbonyl (C=O) groups is 2. The summed E-state index contributed by atoms with van der Waals surface area (Å²) in [4.78, 5) is 24.5. The van der Waals surface area contributed by atoms with Crippen LogP contribution in [-0.4, -0.2) is 25.6 Å². The van der Waals surface area contributed by atoms with Crippen molar-refractivity contribution in [2.45, 2.75) is 57.4 Å². The van der Waals surface area contributed by atoms with Crippen molar-refractivity contribution in [3.8, 4) is 0 Å². The zero-order chi connectivity index (χ0) is 21.7. The summed E-state index contributed by atoms with van der Waals surface area (Å²) in [7, 11) is -3.70. The highest BCUT2D eigenvalue weighted by atomic mass is 32.2. The molecule has 2 N–H and O–H groups in total. The summed E-state index contributed by atoms with van der Waals surface area (Å²) in [6.45, 7) is 7.30. The first-order valence-electron chi connectivity index (χ1n) is 9.56. The topological polar surface area (TPSA) is 92.3 Å². The number of Topliss-reactive ketones (excluding diaryl/α,β-unsaturated/α-hetero) is 1. The summed E-state index contributed by atoms with van der Waals surface area (Å²) >= 11 is 0. The van der Waals surface area contributed by atoms with Crippen molar-refractivity contribution in [3.05, 3.63) is 59.7 Å². The van der Waals surface area contributed by atoms with Gasteiger partial charge in [0.2, 0.25) is 15.9 Å². The number of nitrogens with one attached hydrogen (secondary N) is 2. The number of carbonyl (C=O) groups excluding carboxylic acids is 2. The lowest BCUT2D eigenvalue weighted by Gasteiger charge is -2.20. The van der Waals surface area contributed by atoms with E-state index in [1.165, 1.54) is 12.1 Å². The van der Waals surface area contributed by atoms with Gasteiger partial charge >= 0.3 is 0 Å². The molecule has 0 aromatic heterocycles. The molecule has 29 heavy (non-hydrogen) atoms. The van der Waals surface area contributed by atoms with E-state index in [1.54, 1.807) is 45.0 Å². The molecular formula is C22H28N2O4S. The molecule has 0 saturated carbocycles. The van der Waals surface area contributed by atoms with Gasteiger partial charge < -0.3 is 5.32 Å². The van der Waals surface area contributed by atoms with Gasteiger partial charge in [0.15, 0.2) is 5.78 Å². The van der Waals surface area contributed by atoms with E-state index in [0.717, 1.165) is 12.0 Å². The molecule has 2 rings (SSSR count). The molecular weight excluding hydrogens is 388 g/mol. The summed E-state index contributed by atoms with van der Waals surface area (Å²) < 4.78 is 27.4. The number of hydrogen-bond acceptors (Lipinski definition) is 4. The molecule has 156 valence electrons. The molecule has 0 fully saturated rings. The molecule has 0 heterocycles. The highest BCUT2D eigenvalue weighted by molar-refractivity contribution is 7.89. The van der Waals surface area contributed by atoms with Gasteiger partial charge in [0.1, 0.15) is 0 Å². The standard InChI is InChI=1S/C22H28N2O4S/c1-5-16-9-11-17(12-10-16)20(25)13-14-21(26)23-18-7-6-8-19(15-18)29(27,28)24-22(2,3)4/h6-12,15,24H,5,13-14H2,1-4H3,(H,23,26). The SMILES string of the molecule is CCc1ccc(C(=O)CCC(=O)Nc2cccc(S(=O)(=O)NC(C)(C)C)c2)cc1. The van der Waals surface area contributed by atoms with Crippen LogP contribution in [0.1, 0.15) is 56.5 Å².